The Morgan fingerprint density at radius 3 is 2.51 bits per heavy atom. The minimum atomic E-state index is -4.26. The van der Waals surface area contributed by atoms with Crippen LogP contribution in [0.1, 0.15) is 43.1 Å². The number of aromatic hydroxyl groups is 1. The van der Waals surface area contributed by atoms with Gasteiger partial charge in [-0.25, -0.2) is 14.7 Å². The number of nitrogens with two attached hydrogens (primary N) is 1. The Balaban J connectivity index is 1.80. The van der Waals surface area contributed by atoms with E-state index in [1.54, 1.807) is 25.1 Å². The summed E-state index contributed by atoms with van der Waals surface area (Å²) in [7, 11) is -4.26. The zero-order chi connectivity index (χ0) is 25.5. The number of carbonyl (C=O) groups excluding carboxylic acids is 1. The highest BCUT2D eigenvalue weighted by atomic mass is 32.2. The SMILES string of the molecule is Cc1cccc(-c2ccc(C(=O)NS(=O)(=O)c3cccc(N)n3)c(N3CCC(C)C3(C)C)n2)c1O. The van der Waals surface area contributed by atoms with Crippen molar-refractivity contribution < 1.29 is 18.3 Å². The second kappa shape index (κ2) is 8.84. The van der Waals surface area contributed by atoms with Crippen LogP contribution in [0.25, 0.3) is 11.3 Å². The number of anilines is 2. The number of rotatable bonds is 5. The number of hydrogen-bond acceptors (Lipinski definition) is 8. The highest BCUT2D eigenvalue weighted by Gasteiger charge is 2.41. The van der Waals surface area contributed by atoms with Crippen LogP contribution in [0.15, 0.2) is 53.6 Å². The lowest BCUT2D eigenvalue weighted by molar-refractivity contribution is 0.0981. The lowest BCUT2D eigenvalue weighted by Crippen LogP contribution is -2.43. The number of sulfonamides is 1. The fourth-order valence-corrected chi connectivity index (χ4v) is 5.21. The van der Waals surface area contributed by atoms with Crippen molar-refractivity contribution in [3.63, 3.8) is 0 Å². The van der Waals surface area contributed by atoms with E-state index in [0.717, 1.165) is 6.42 Å². The van der Waals surface area contributed by atoms with Crippen LogP contribution in [-0.4, -0.2) is 41.5 Å². The van der Waals surface area contributed by atoms with Crippen LogP contribution in [0.4, 0.5) is 11.6 Å². The van der Waals surface area contributed by atoms with Gasteiger partial charge in [0.1, 0.15) is 17.4 Å². The lowest BCUT2D eigenvalue weighted by Gasteiger charge is -2.36. The molecule has 3 heterocycles. The molecule has 1 unspecified atom stereocenters. The van der Waals surface area contributed by atoms with Crippen LogP contribution in [-0.2, 0) is 10.0 Å². The molecule has 0 bridgehead atoms. The summed E-state index contributed by atoms with van der Waals surface area (Å²) in [6.07, 6.45) is 0.890. The van der Waals surface area contributed by atoms with Crippen molar-refractivity contribution in [1.29, 1.82) is 0 Å². The number of nitrogen functional groups attached to an aromatic ring is 1. The summed E-state index contributed by atoms with van der Waals surface area (Å²) in [5.74, 6) is -0.0279. The molecule has 0 radical (unpaired) electrons. The molecule has 1 atom stereocenters. The molecule has 184 valence electrons. The number of phenolic OH excluding ortho intramolecular Hbond substituents is 1. The van der Waals surface area contributed by atoms with Crippen molar-refractivity contribution in [2.75, 3.05) is 17.2 Å². The Morgan fingerprint density at radius 2 is 1.86 bits per heavy atom. The van der Waals surface area contributed by atoms with E-state index >= 15 is 0 Å². The first-order valence-corrected chi connectivity index (χ1v) is 12.8. The number of aryl methyl sites for hydroxylation is 1. The number of amides is 1. The molecule has 9 nitrogen and oxygen atoms in total. The maximum atomic E-state index is 13.3. The largest absolute Gasteiger partial charge is 0.507 e. The molecule has 35 heavy (non-hydrogen) atoms. The maximum absolute atomic E-state index is 13.3. The van der Waals surface area contributed by atoms with E-state index < -0.39 is 15.9 Å². The van der Waals surface area contributed by atoms with Crippen molar-refractivity contribution in [2.24, 2.45) is 5.92 Å². The smallest absolute Gasteiger partial charge is 0.281 e. The van der Waals surface area contributed by atoms with E-state index in [9.17, 15) is 18.3 Å². The normalized spacial score (nSPS) is 17.4. The summed E-state index contributed by atoms with van der Waals surface area (Å²) in [5, 5.41) is 10.3. The minimum absolute atomic E-state index is 0.0257. The zero-order valence-corrected chi connectivity index (χ0v) is 20.9. The van der Waals surface area contributed by atoms with Gasteiger partial charge >= 0.3 is 0 Å². The number of para-hydroxylation sites is 1. The summed E-state index contributed by atoms with van der Waals surface area (Å²) >= 11 is 0. The molecule has 2 aromatic heterocycles. The first kappa shape index (κ1) is 24.5. The van der Waals surface area contributed by atoms with E-state index in [4.69, 9.17) is 10.7 Å². The molecular weight excluding hydrogens is 466 g/mol. The van der Waals surface area contributed by atoms with Gasteiger partial charge in [-0.1, -0.05) is 25.1 Å². The second-order valence-electron chi connectivity index (χ2n) is 9.37. The molecule has 1 saturated heterocycles. The van der Waals surface area contributed by atoms with E-state index in [0.29, 0.717) is 35.1 Å². The molecule has 4 rings (SSSR count). The first-order chi connectivity index (χ1) is 16.4. The lowest BCUT2D eigenvalue weighted by atomic mass is 9.90. The average Bonchev–Trinajstić information content (AvgIpc) is 3.07. The number of benzene rings is 1. The number of nitrogens with one attached hydrogen (secondary N) is 1. The number of hydrogen-bond donors (Lipinski definition) is 3. The number of phenols is 1. The molecule has 0 saturated carbocycles. The third kappa shape index (κ3) is 4.53. The topological polar surface area (TPSA) is 139 Å². The number of carbonyl (C=O) groups is 1. The van der Waals surface area contributed by atoms with E-state index in [-0.39, 0.29) is 27.7 Å². The van der Waals surface area contributed by atoms with E-state index in [1.807, 2.05) is 11.0 Å². The van der Waals surface area contributed by atoms with Crippen LogP contribution in [0.3, 0.4) is 0 Å². The molecule has 0 aliphatic carbocycles. The Bertz CT molecular complexity index is 1400. The van der Waals surface area contributed by atoms with Crippen LogP contribution in [0.5, 0.6) is 5.75 Å². The molecule has 3 aromatic rings. The molecule has 4 N–H and O–H groups in total. The third-order valence-electron chi connectivity index (χ3n) is 6.82. The average molecular weight is 496 g/mol. The minimum Gasteiger partial charge on any atom is -0.507 e. The van der Waals surface area contributed by atoms with Crippen LogP contribution >= 0.6 is 0 Å². The van der Waals surface area contributed by atoms with Gasteiger partial charge in [0.2, 0.25) is 0 Å². The molecule has 1 aliphatic heterocycles. The van der Waals surface area contributed by atoms with Gasteiger partial charge in [-0.15, -0.1) is 0 Å². The van der Waals surface area contributed by atoms with Crippen molar-refractivity contribution in [2.45, 2.75) is 44.7 Å². The summed E-state index contributed by atoms with van der Waals surface area (Å²) in [4.78, 5) is 23.9. The van der Waals surface area contributed by atoms with Gasteiger partial charge in [-0.2, -0.15) is 8.42 Å². The van der Waals surface area contributed by atoms with Crippen molar-refractivity contribution in [1.82, 2.24) is 14.7 Å². The second-order valence-corrected chi connectivity index (χ2v) is 11.0. The van der Waals surface area contributed by atoms with Crippen LogP contribution in [0, 0.1) is 12.8 Å². The van der Waals surface area contributed by atoms with Gasteiger partial charge in [0, 0.05) is 17.6 Å². The predicted octanol–water partition coefficient (Wildman–Crippen LogP) is 3.48. The fraction of sp³-hybridized carbons (Fsp3) is 0.320. The fourth-order valence-electron chi connectivity index (χ4n) is 4.27. The highest BCUT2D eigenvalue weighted by molar-refractivity contribution is 7.90. The maximum Gasteiger partial charge on any atom is 0.281 e. The molecule has 10 heteroatoms. The van der Waals surface area contributed by atoms with Crippen molar-refractivity contribution in [3.8, 4) is 17.0 Å². The van der Waals surface area contributed by atoms with Gasteiger partial charge in [-0.3, -0.25) is 4.79 Å². The van der Waals surface area contributed by atoms with Gasteiger partial charge in [0.25, 0.3) is 15.9 Å². The first-order valence-electron chi connectivity index (χ1n) is 11.3. The van der Waals surface area contributed by atoms with Crippen molar-refractivity contribution in [3.05, 3.63) is 59.7 Å². The van der Waals surface area contributed by atoms with E-state index in [2.05, 4.69) is 30.5 Å². The number of pyridine rings is 2. The monoisotopic (exact) mass is 495 g/mol. The summed E-state index contributed by atoms with van der Waals surface area (Å²) in [6.45, 7) is 8.71. The van der Waals surface area contributed by atoms with Gasteiger partial charge in [0.15, 0.2) is 5.03 Å². The molecular formula is C25H29N5O4S. The number of nitrogens with zero attached hydrogens (tertiary/aromatic N) is 3. The van der Waals surface area contributed by atoms with E-state index in [1.165, 1.54) is 24.3 Å². The standard InChI is InChI=1S/C25H29N5O4S/c1-15-7-5-8-17(22(15)31)19-12-11-18(23(27-19)30-14-13-16(2)25(30,3)4)24(32)29-35(33,34)21-10-6-9-20(26)28-21/h5-12,16,31H,13-14H2,1-4H3,(H2,26,28)(H,29,32). The summed E-state index contributed by atoms with van der Waals surface area (Å²) < 4.78 is 27.8. The molecule has 1 fully saturated rings. The summed E-state index contributed by atoms with van der Waals surface area (Å²) in [5.41, 5.74) is 7.10. The highest BCUT2D eigenvalue weighted by Crippen LogP contribution is 2.40. The molecule has 0 spiro atoms. The molecule has 1 aromatic carbocycles. The predicted molar refractivity (Wildman–Crippen MR) is 135 cm³/mol. The van der Waals surface area contributed by atoms with Crippen LogP contribution in [0.2, 0.25) is 0 Å². The zero-order valence-electron chi connectivity index (χ0n) is 20.1. The Morgan fingerprint density at radius 1 is 1.14 bits per heavy atom. The van der Waals surface area contributed by atoms with Crippen LogP contribution < -0.4 is 15.4 Å². The quantitative estimate of drug-likeness (QED) is 0.489. The Kier molecular flexibility index (Phi) is 6.18. The summed E-state index contributed by atoms with van der Waals surface area (Å²) in [6, 6.07) is 12.7. The van der Waals surface area contributed by atoms with Gasteiger partial charge in [-0.05, 0) is 69.0 Å². The van der Waals surface area contributed by atoms with Crippen molar-refractivity contribution >= 4 is 27.6 Å². The van der Waals surface area contributed by atoms with Gasteiger partial charge < -0.3 is 15.7 Å². The Hall–Kier alpha value is -3.66. The van der Waals surface area contributed by atoms with Gasteiger partial charge in [0.05, 0.1) is 11.3 Å². The third-order valence-corrected chi connectivity index (χ3v) is 8.06. The molecule has 1 amide bonds. The Labute approximate surface area is 205 Å². The number of aromatic nitrogens is 2. The molecule has 1 aliphatic rings.